The van der Waals surface area contributed by atoms with Crippen LogP contribution in [0.5, 0.6) is 0 Å². The Kier molecular flexibility index (Phi) is 6.92. The van der Waals surface area contributed by atoms with Gasteiger partial charge in [0.15, 0.2) is 6.10 Å². The molecule has 1 amide bonds. The van der Waals surface area contributed by atoms with Gasteiger partial charge in [-0.2, -0.15) is 0 Å². The first-order valence-corrected chi connectivity index (χ1v) is 8.51. The first-order chi connectivity index (χ1) is 12.4. The lowest BCUT2D eigenvalue weighted by Crippen LogP contribution is -2.29. The average molecular weight is 376 g/mol. The third-order valence-corrected chi connectivity index (χ3v) is 4.01. The van der Waals surface area contributed by atoms with Crippen LogP contribution in [-0.4, -0.2) is 18.0 Å². The van der Waals surface area contributed by atoms with Crippen LogP contribution in [0.4, 0.5) is 10.1 Å². The summed E-state index contributed by atoms with van der Waals surface area (Å²) in [6.07, 6.45) is 2.15. The molecule has 0 aliphatic heterocycles. The molecule has 0 saturated carbocycles. The van der Waals surface area contributed by atoms with Crippen molar-refractivity contribution in [3.63, 3.8) is 0 Å². The second-order valence-corrected chi connectivity index (χ2v) is 5.99. The van der Waals surface area contributed by atoms with Crippen LogP contribution in [0.15, 0.2) is 48.5 Å². The van der Waals surface area contributed by atoms with Gasteiger partial charge in [0.05, 0.1) is 5.02 Å². The lowest BCUT2D eigenvalue weighted by Gasteiger charge is -2.12. The van der Waals surface area contributed by atoms with Crippen molar-refractivity contribution in [2.45, 2.75) is 26.4 Å². The van der Waals surface area contributed by atoms with Crippen molar-refractivity contribution in [2.24, 2.45) is 0 Å². The molecule has 0 bridgehead atoms. The van der Waals surface area contributed by atoms with E-state index < -0.39 is 23.8 Å². The molecule has 0 fully saturated rings. The Hall–Kier alpha value is -2.66. The highest BCUT2D eigenvalue weighted by molar-refractivity contribution is 6.32. The highest BCUT2D eigenvalue weighted by Gasteiger charge is 2.17. The molecule has 0 aliphatic rings. The van der Waals surface area contributed by atoms with Gasteiger partial charge in [-0.15, -0.1) is 0 Å². The number of aryl methyl sites for hydroxylation is 1. The largest absolute Gasteiger partial charge is 0.449 e. The first kappa shape index (κ1) is 19.7. The molecule has 1 unspecified atom stereocenters. The van der Waals surface area contributed by atoms with E-state index in [2.05, 4.69) is 5.32 Å². The average Bonchev–Trinajstić information content (AvgIpc) is 2.61. The Bertz CT molecular complexity index is 798. The minimum Gasteiger partial charge on any atom is -0.449 e. The van der Waals surface area contributed by atoms with E-state index in [1.807, 2.05) is 19.1 Å². The molecular weight excluding hydrogens is 357 g/mol. The van der Waals surface area contributed by atoms with Crippen molar-refractivity contribution in [1.82, 2.24) is 0 Å². The number of ether oxygens (including phenoxy) is 1. The summed E-state index contributed by atoms with van der Waals surface area (Å²) >= 11 is 5.87. The molecule has 1 atom stereocenters. The summed E-state index contributed by atoms with van der Waals surface area (Å²) < 4.78 is 18.7. The van der Waals surface area contributed by atoms with Crippen molar-refractivity contribution in [1.29, 1.82) is 0 Å². The van der Waals surface area contributed by atoms with Crippen molar-refractivity contribution >= 4 is 35.2 Å². The minimum absolute atomic E-state index is 0.0826. The van der Waals surface area contributed by atoms with E-state index in [4.69, 9.17) is 16.3 Å². The normalized spacial score (nSPS) is 12.0. The molecule has 0 spiro atoms. The molecule has 1 N–H and O–H groups in total. The van der Waals surface area contributed by atoms with E-state index in [9.17, 15) is 14.0 Å². The van der Waals surface area contributed by atoms with Gasteiger partial charge in [0.25, 0.3) is 5.91 Å². The maximum absolute atomic E-state index is 13.6. The molecular formula is C20H19ClFNO3. The summed E-state index contributed by atoms with van der Waals surface area (Å²) in [4.78, 5) is 23.9. The zero-order valence-electron chi connectivity index (χ0n) is 14.5. The molecule has 0 aromatic heterocycles. The molecule has 2 aromatic carbocycles. The Morgan fingerprint density at radius 2 is 1.92 bits per heavy atom. The number of hydrogen-bond donors (Lipinski definition) is 1. The molecule has 136 valence electrons. The Labute approximate surface area is 156 Å². The summed E-state index contributed by atoms with van der Waals surface area (Å²) in [5, 5.41) is 2.85. The fraction of sp³-hybridized carbons (Fsp3) is 0.200. The number of halogens is 2. The van der Waals surface area contributed by atoms with E-state index in [-0.39, 0.29) is 10.6 Å². The molecule has 2 aromatic rings. The van der Waals surface area contributed by atoms with Crippen LogP contribution in [-0.2, 0) is 20.7 Å². The van der Waals surface area contributed by atoms with Gasteiger partial charge in [-0.05, 0) is 49.2 Å². The molecule has 26 heavy (non-hydrogen) atoms. The lowest BCUT2D eigenvalue weighted by atomic mass is 10.1. The number of carbonyl (C=O) groups is 2. The van der Waals surface area contributed by atoms with Crippen LogP contribution < -0.4 is 5.32 Å². The van der Waals surface area contributed by atoms with Crippen molar-refractivity contribution < 1.29 is 18.7 Å². The topological polar surface area (TPSA) is 55.4 Å². The Morgan fingerprint density at radius 1 is 1.23 bits per heavy atom. The summed E-state index contributed by atoms with van der Waals surface area (Å²) in [6, 6.07) is 11.6. The minimum atomic E-state index is -1.01. The standard InChI is InChI=1S/C20H19ClFNO3/c1-3-14-7-9-15(10-8-14)23-20(25)13(2)26-19(24)12-11-16-17(21)5-4-6-18(16)22/h4-13H,3H2,1-2H3,(H,23,25). The third kappa shape index (κ3) is 5.43. The highest BCUT2D eigenvalue weighted by atomic mass is 35.5. The molecule has 2 rings (SSSR count). The summed E-state index contributed by atoms with van der Waals surface area (Å²) in [7, 11) is 0. The van der Waals surface area contributed by atoms with Crippen molar-refractivity contribution in [3.05, 3.63) is 70.5 Å². The van der Waals surface area contributed by atoms with Crippen LogP contribution in [0.2, 0.25) is 5.02 Å². The Morgan fingerprint density at radius 3 is 2.54 bits per heavy atom. The maximum Gasteiger partial charge on any atom is 0.331 e. The monoisotopic (exact) mass is 375 g/mol. The van der Waals surface area contributed by atoms with E-state index >= 15 is 0 Å². The van der Waals surface area contributed by atoms with Gasteiger partial charge < -0.3 is 10.1 Å². The fourth-order valence-electron chi connectivity index (χ4n) is 2.16. The first-order valence-electron chi connectivity index (χ1n) is 8.13. The number of esters is 1. The molecule has 0 radical (unpaired) electrons. The molecule has 0 aliphatic carbocycles. The summed E-state index contributed by atoms with van der Waals surface area (Å²) in [6.45, 7) is 3.49. The summed E-state index contributed by atoms with van der Waals surface area (Å²) in [5.41, 5.74) is 1.85. The van der Waals surface area contributed by atoms with Gasteiger partial charge in [0, 0.05) is 17.3 Å². The van der Waals surface area contributed by atoms with Gasteiger partial charge in [0.2, 0.25) is 0 Å². The number of anilines is 1. The maximum atomic E-state index is 13.6. The SMILES string of the molecule is CCc1ccc(NC(=O)C(C)OC(=O)C=Cc2c(F)cccc2Cl)cc1. The Balaban J connectivity index is 1.93. The van der Waals surface area contributed by atoms with Crippen molar-refractivity contribution in [2.75, 3.05) is 5.32 Å². The predicted molar refractivity (Wildman–Crippen MR) is 100 cm³/mol. The second kappa shape index (κ2) is 9.15. The van der Waals surface area contributed by atoms with Crippen LogP contribution in [0, 0.1) is 5.82 Å². The van der Waals surface area contributed by atoms with Gasteiger partial charge in [-0.25, -0.2) is 9.18 Å². The van der Waals surface area contributed by atoms with E-state index in [0.717, 1.165) is 18.1 Å². The number of benzene rings is 2. The van der Waals surface area contributed by atoms with Gasteiger partial charge in [-0.1, -0.05) is 36.7 Å². The van der Waals surface area contributed by atoms with Gasteiger partial charge in [0.1, 0.15) is 5.82 Å². The summed E-state index contributed by atoms with van der Waals surface area (Å²) in [5.74, 6) is -1.78. The molecule has 4 nitrogen and oxygen atoms in total. The molecule has 0 saturated heterocycles. The quantitative estimate of drug-likeness (QED) is 0.591. The number of amides is 1. The van der Waals surface area contributed by atoms with Crippen LogP contribution in [0.1, 0.15) is 25.0 Å². The zero-order valence-corrected chi connectivity index (χ0v) is 15.2. The molecule has 0 heterocycles. The smallest absolute Gasteiger partial charge is 0.331 e. The third-order valence-electron chi connectivity index (χ3n) is 3.68. The number of nitrogens with one attached hydrogen (secondary N) is 1. The predicted octanol–water partition coefficient (Wildman–Crippen LogP) is 4.63. The van der Waals surface area contributed by atoms with Crippen LogP contribution in [0.3, 0.4) is 0 Å². The van der Waals surface area contributed by atoms with E-state index in [1.54, 1.807) is 12.1 Å². The highest BCUT2D eigenvalue weighted by Crippen LogP contribution is 2.20. The van der Waals surface area contributed by atoms with Gasteiger partial charge >= 0.3 is 5.97 Å². The number of carbonyl (C=O) groups excluding carboxylic acids is 2. The number of rotatable bonds is 6. The zero-order chi connectivity index (χ0) is 19.1. The van der Waals surface area contributed by atoms with Gasteiger partial charge in [-0.3, -0.25) is 4.79 Å². The van der Waals surface area contributed by atoms with Crippen molar-refractivity contribution in [3.8, 4) is 0 Å². The fourth-order valence-corrected chi connectivity index (χ4v) is 2.38. The number of hydrogen-bond acceptors (Lipinski definition) is 3. The van der Waals surface area contributed by atoms with Crippen LogP contribution >= 0.6 is 11.6 Å². The van der Waals surface area contributed by atoms with E-state index in [1.165, 1.54) is 31.2 Å². The lowest BCUT2D eigenvalue weighted by molar-refractivity contribution is -0.148. The van der Waals surface area contributed by atoms with Crippen LogP contribution in [0.25, 0.3) is 6.08 Å². The molecule has 6 heteroatoms. The van der Waals surface area contributed by atoms with E-state index in [0.29, 0.717) is 5.69 Å². The second-order valence-electron chi connectivity index (χ2n) is 5.59.